The number of carbonyl (C=O) groups excluding carboxylic acids is 1. The first-order valence-electron chi connectivity index (χ1n) is 6.51. The van der Waals surface area contributed by atoms with E-state index < -0.39 is 21.9 Å². The van der Waals surface area contributed by atoms with E-state index in [2.05, 4.69) is 72.2 Å². The number of carbonyl (C=O) groups is 1. The normalized spacial score (nSPS) is 12.1. The molecule has 0 aliphatic rings. The lowest BCUT2D eigenvalue weighted by Crippen LogP contribution is -2.24. The van der Waals surface area contributed by atoms with E-state index in [-0.39, 0.29) is 11.1 Å². The molecule has 0 N–H and O–H groups in total. The topological polar surface area (TPSA) is 95.9 Å². The van der Waals surface area contributed by atoms with Crippen LogP contribution in [0.25, 0.3) is 0 Å². The number of hydrogen-bond acceptors (Lipinski definition) is 5. The summed E-state index contributed by atoms with van der Waals surface area (Å²) < 4.78 is 33.4. The number of hydrogen-bond donors (Lipinski definition) is 0. The summed E-state index contributed by atoms with van der Waals surface area (Å²) in [6.07, 6.45) is 0.808. The summed E-state index contributed by atoms with van der Waals surface area (Å²) >= 11 is 6.26. The standard InChI is InChI=1S/C15H10I3NO5S/c1-25(22,23)19-14(20)9-4-2-3-5-10(9)15(21)24-13-11(17)6-8(16)7-12(13)18/h2-7H,1H3,(H,19,20)/p-1. The number of esters is 1. The summed E-state index contributed by atoms with van der Waals surface area (Å²) in [5, 5.41) is 12.1. The van der Waals surface area contributed by atoms with E-state index in [4.69, 9.17) is 4.74 Å². The average molecular weight is 696 g/mol. The van der Waals surface area contributed by atoms with Crippen LogP contribution in [0.2, 0.25) is 0 Å². The van der Waals surface area contributed by atoms with Gasteiger partial charge in [-0.05, 0) is 86.0 Å². The molecule has 0 radical (unpaired) electrons. The molecule has 132 valence electrons. The summed E-state index contributed by atoms with van der Waals surface area (Å²) in [6, 6.07) is 9.49. The van der Waals surface area contributed by atoms with Crippen LogP contribution in [-0.2, 0) is 10.0 Å². The van der Waals surface area contributed by atoms with Crippen molar-refractivity contribution >= 4 is 89.7 Å². The van der Waals surface area contributed by atoms with Crippen molar-refractivity contribution in [1.29, 1.82) is 0 Å². The second kappa shape index (κ2) is 8.47. The van der Waals surface area contributed by atoms with Gasteiger partial charge in [0.25, 0.3) is 0 Å². The predicted molar refractivity (Wildman–Crippen MR) is 117 cm³/mol. The van der Waals surface area contributed by atoms with Gasteiger partial charge < -0.3 is 9.84 Å². The maximum atomic E-state index is 12.5. The molecule has 0 aromatic heterocycles. The summed E-state index contributed by atoms with van der Waals surface area (Å²) in [7, 11) is -3.87. The first-order valence-corrected chi connectivity index (χ1v) is 11.6. The van der Waals surface area contributed by atoms with Crippen molar-refractivity contribution in [2.45, 2.75) is 0 Å². The molecule has 2 aromatic carbocycles. The smallest absolute Gasteiger partial charge is 0.344 e. The molecule has 0 heterocycles. The minimum absolute atomic E-state index is 0.0509. The Bertz CT molecular complexity index is 950. The zero-order valence-corrected chi connectivity index (χ0v) is 19.8. The third-order valence-electron chi connectivity index (χ3n) is 2.78. The van der Waals surface area contributed by atoms with E-state index >= 15 is 0 Å². The summed E-state index contributed by atoms with van der Waals surface area (Å²) in [6.45, 7) is 0. The Labute approximate surface area is 185 Å². The minimum atomic E-state index is -3.87. The van der Waals surface area contributed by atoms with Crippen molar-refractivity contribution in [2.75, 3.05) is 6.26 Å². The van der Waals surface area contributed by atoms with E-state index in [1.54, 1.807) is 6.07 Å². The Balaban J connectivity index is 2.44. The van der Waals surface area contributed by atoms with Gasteiger partial charge in [-0.25, -0.2) is 13.2 Å². The molecule has 2 rings (SSSR count). The van der Waals surface area contributed by atoms with Crippen LogP contribution in [0, 0.1) is 10.7 Å². The van der Waals surface area contributed by atoms with E-state index in [0.717, 1.165) is 17.0 Å². The minimum Gasteiger partial charge on any atom is -0.858 e. The monoisotopic (exact) mass is 696 g/mol. The van der Waals surface area contributed by atoms with Gasteiger partial charge in [0.2, 0.25) is 10.0 Å². The second-order valence-corrected chi connectivity index (χ2v) is 9.98. The lowest BCUT2D eigenvalue weighted by molar-refractivity contribution is -0.212. The van der Waals surface area contributed by atoms with Crippen LogP contribution in [0.3, 0.4) is 0 Å². The highest BCUT2D eigenvalue weighted by Gasteiger charge is 2.18. The number of halogens is 3. The fraction of sp³-hybridized carbons (Fsp3) is 0.0667. The van der Waals surface area contributed by atoms with Gasteiger partial charge >= 0.3 is 5.97 Å². The molecule has 0 aliphatic carbocycles. The largest absolute Gasteiger partial charge is 0.858 e. The number of rotatable bonds is 4. The molecule has 0 saturated heterocycles. The molecule has 0 saturated carbocycles. The van der Waals surface area contributed by atoms with Gasteiger partial charge in [0.1, 0.15) is 0 Å². The molecule has 0 aliphatic heterocycles. The zero-order chi connectivity index (χ0) is 18.8. The first kappa shape index (κ1) is 20.8. The molecule has 25 heavy (non-hydrogen) atoms. The third-order valence-corrected chi connectivity index (χ3v) is 5.51. The lowest BCUT2D eigenvalue weighted by Gasteiger charge is -2.15. The Morgan fingerprint density at radius 3 is 2.12 bits per heavy atom. The predicted octanol–water partition coefficient (Wildman–Crippen LogP) is 2.79. The van der Waals surface area contributed by atoms with Gasteiger partial charge in [-0.15, -0.1) is 0 Å². The third kappa shape index (κ3) is 5.75. The number of ether oxygens (including phenoxy) is 1. The van der Waals surface area contributed by atoms with Crippen molar-refractivity contribution < 1.29 is 23.1 Å². The number of nitrogens with zero attached hydrogens (tertiary/aromatic N) is 1. The highest BCUT2D eigenvalue weighted by molar-refractivity contribution is 14.1. The van der Waals surface area contributed by atoms with E-state index in [9.17, 15) is 18.3 Å². The molecule has 0 fully saturated rings. The molecule has 2 aromatic rings. The van der Waals surface area contributed by atoms with Crippen LogP contribution < -0.4 is 9.84 Å². The highest BCUT2D eigenvalue weighted by atomic mass is 127. The number of benzene rings is 2. The van der Waals surface area contributed by atoms with Crippen LogP contribution in [0.15, 0.2) is 40.8 Å². The van der Waals surface area contributed by atoms with Crippen molar-refractivity contribution in [1.82, 2.24) is 0 Å². The van der Waals surface area contributed by atoms with Crippen LogP contribution in [0.1, 0.15) is 15.9 Å². The fourth-order valence-electron chi connectivity index (χ4n) is 1.82. The Kier molecular flexibility index (Phi) is 7.06. The van der Waals surface area contributed by atoms with E-state index in [0.29, 0.717) is 5.75 Å². The summed E-state index contributed by atoms with van der Waals surface area (Å²) in [5.74, 6) is -1.39. The molecule has 0 amide bonds. The van der Waals surface area contributed by atoms with Crippen LogP contribution in [-0.4, -0.2) is 26.5 Å². The quantitative estimate of drug-likeness (QED) is 0.161. The van der Waals surface area contributed by atoms with Gasteiger partial charge in [0, 0.05) is 15.0 Å². The number of sulfonamides is 1. The molecule has 10 heteroatoms. The molecule has 6 nitrogen and oxygen atoms in total. The van der Waals surface area contributed by atoms with Crippen molar-refractivity contribution in [3.8, 4) is 5.75 Å². The van der Waals surface area contributed by atoms with Gasteiger partial charge in [-0.1, -0.05) is 18.2 Å². The van der Waals surface area contributed by atoms with Gasteiger partial charge in [0.15, 0.2) is 5.75 Å². The summed E-state index contributed by atoms with van der Waals surface area (Å²) in [4.78, 5) is 12.5. The summed E-state index contributed by atoms with van der Waals surface area (Å²) in [5.41, 5.74) is -0.182. The van der Waals surface area contributed by atoms with Crippen molar-refractivity contribution in [3.05, 3.63) is 58.2 Å². The molecule has 0 atom stereocenters. The van der Waals surface area contributed by atoms with Crippen LogP contribution in [0.5, 0.6) is 5.75 Å². The maximum absolute atomic E-state index is 12.5. The molecule has 0 bridgehead atoms. The Hall–Kier alpha value is -0.480. The first-order chi connectivity index (χ1) is 11.6. The van der Waals surface area contributed by atoms with E-state index in [1.165, 1.54) is 18.2 Å². The molecule has 0 unspecified atom stereocenters. The molecular formula is C15H9I3NO5S-. The molecule has 0 spiro atoms. The van der Waals surface area contributed by atoms with E-state index in [1.807, 2.05) is 12.1 Å². The van der Waals surface area contributed by atoms with Crippen LogP contribution >= 0.6 is 67.8 Å². The molecular weight excluding hydrogens is 687 g/mol. The SMILES string of the molecule is CS(=O)(=O)/N=C(/[O-])c1ccccc1C(=O)Oc1c(I)cc(I)cc1I. The second-order valence-electron chi connectivity index (χ2n) is 4.76. The van der Waals surface area contributed by atoms with Gasteiger partial charge in [0.05, 0.1) is 19.0 Å². The Morgan fingerprint density at radius 1 is 1.08 bits per heavy atom. The van der Waals surface area contributed by atoms with Crippen LogP contribution in [0.4, 0.5) is 0 Å². The highest BCUT2D eigenvalue weighted by Crippen LogP contribution is 2.30. The maximum Gasteiger partial charge on any atom is 0.344 e. The van der Waals surface area contributed by atoms with Gasteiger partial charge in [-0.2, -0.15) is 4.40 Å². The average Bonchev–Trinajstić information content (AvgIpc) is 2.49. The van der Waals surface area contributed by atoms with Gasteiger partial charge in [-0.3, -0.25) is 0 Å². The fourth-order valence-corrected chi connectivity index (χ4v) is 6.02. The lowest BCUT2D eigenvalue weighted by atomic mass is 10.1. The zero-order valence-electron chi connectivity index (χ0n) is 12.5. The Morgan fingerprint density at radius 2 is 1.60 bits per heavy atom. The van der Waals surface area contributed by atoms with Crippen molar-refractivity contribution in [3.63, 3.8) is 0 Å². The van der Waals surface area contributed by atoms with Crippen molar-refractivity contribution in [2.24, 2.45) is 4.40 Å².